The molecular weight excluding hydrogens is 517 g/mol. The molecule has 1 saturated heterocycles. The van der Waals surface area contributed by atoms with Crippen LogP contribution in [-0.4, -0.2) is 51.1 Å². The fourth-order valence-corrected chi connectivity index (χ4v) is 5.16. The van der Waals surface area contributed by atoms with Gasteiger partial charge >= 0.3 is 0 Å². The summed E-state index contributed by atoms with van der Waals surface area (Å²) in [5.41, 5.74) is 2.57. The van der Waals surface area contributed by atoms with E-state index < -0.39 is 23.4 Å². The smallest absolute Gasteiger partial charge is 0.251 e. The Bertz CT molecular complexity index is 1490. The van der Waals surface area contributed by atoms with Gasteiger partial charge in [0, 0.05) is 42.5 Å². The molecule has 4 aromatic rings. The molecule has 11 heteroatoms. The van der Waals surface area contributed by atoms with Gasteiger partial charge in [-0.05, 0) is 62.4 Å². The number of anilines is 3. The monoisotopic (exact) mass is 550 g/mol. The molecule has 2 aliphatic rings. The zero-order chi connectivity index (χ0) is 28.2. The van der Waals surface area contributed by atoms with Crippen LogP contribution in [-0.2, 0) is 0 Å². The van der Waals surface area contributed by atoms with Crippen molar-refractivity contribution in [1.29, 1.82) is 0 Å². The van der Waals surface area contributed by atoms with E-state index in [1.54, 1.807) is 18.3 Å². The van der Waals surface area contributed by atoms with Crippen LogP contribution < -0.4 is 15.5 Å². The molecule has 6 rings (SSSR count). The van der Waals surface area contributed by atoms with E-state index in [4.69, 9.17) is 9.97 Å². The maximum atomic E-state index is 14.2. The van der Waals surface area contributed by atoms with Crippen molar-refractivity contribution in [2.75, 3.05) is 30.4 Å². The Morgan fingerprint density at radius 3 is 2.45 bits per heavy atom. The maximum Gasteiger partial charge on any atom is 0.251 e. The Labute approximate surface area is 231 Å². The molecule has 1 aliphatic carbocycles. The van der Waals surface area contributed by atoms with Crippen LogP contribution in [0.4, 0.5) is 30.6 Å². The lowest BCUT2D eigenvalue weighted by Crippen LogP contribution is -2.41. The number of nitrogens with one attached hydrogen (secondary N) is 2. The van der Waals surface area contributed by atoms with E-state index in [1.165, 1.54) is 18.2 Å². The van der Waals surface area contributed by atoms with Gasteiger partial charge in [-0.25, -0.2) is 23.7 Å². The topological polar surface area (TPSA) is 91.8 Å². The van der Waals surface area contributed by atoms with Crippen molar-refractivity contribution in [2.24, 2.45) is 0 Å². The molecule has 0 aromatic carbocycles. The molecule has 210 valence electrons. The van der Waals surface area contributed by atoms with E-state index in [2.05, 4.69) is 37.5 Å². The normalized spacial score (nSPS) is 15.8. The molecule has 0 spiro atoms. The van der Waals surface area contributed by atoms with Crippen molar-refractivity contribution < 1.29 is 13.2 Å². The minimum atomic E-state index is -1.40. The fraction of sp³-hybridized carbons (Fsp3) is 0.414. The Hall–Kier alpha value is -3.86. The highest BCUT2D eigenvalue weighted by Crippen LogP contribution is 2.42. The molecule has 2 fully saturated rings. The summed E-state index contributed by atoms with van der Waals surface area (Å²) in [6, 6.07) is 4.15. The summed E-state index contributed by atoms with van der Waals surface area (Å²) >= 11 is 0. The molecule has 2 N–H and O–H groups in total. The van der Waals surface area contributed by atoms with Crippen molar-refractivity contribution >= 4 is 28.4 Å². The van der Waals surface area contributed by atoms with Crippen LogP contribution >= 0.6 is 0 Å². The van der Waals surface area contributed by atoms with Gasteiger partial charge in [-0.15, -0.1) is 0 Å². The molecule has 0 atom stereocenters. The highest BCUT2D eigenvalue weighted by atomic mass is 19.2. The number of pyridine rings is 3. The van der Waals surface area contributed by atoms with Crippen molar-refractivity contribution in [3.8, 4) is 11.4 Å². The van der Waals surface area contributed by atoms with Gasteiger partial charge in [-0.3, -0.25) is 4.98 Å². The lowest BCUT2D eigenvalue weighted by molar-refractivity contribution is 0.421. The number of piperidine rings is 1. The summed E-state index contributed by atoms with van der Waals surface area (Å²) < 4.78 is 41.1. The van der Waals surface area contributed by atoms with Crippen LogP contribution in [0.3, 0.4) is 0 Å². The first-order valence-corrected chi connectivity index (χ1v) is 13.8. The van der Waals surface area contributed by atoms with Crippen LogP contribution in [0.5, 0.6) is 0 Å². The minimum absolute atomic E-state index is 0.193. The van der Waals surface area contributed by atoms with Crippen LogP contribution in [0.15, 0.2) is 36.8 Å². The Morgan fingerprint density at radius 1 is 0.950 bits per heavy atom. The Balaban J connectivity index is 0.00000158. The van der Waals surface area contributed by atoms with Crippen LogP contribution in [0, 0.1) is 17.6 Å². The van der Waals surface area contributed by atoms with Gasteiger partial charge in [0.2, 0.25) is 0 Å². The second-order valence-electron chi connectivity index (χ2n) is 9.86. The number of rotatable bonds is 6. The molecule has 8 nitrogen and oxygen atoms in total. The Kier molecular flexibility index (Phi) is 8.39. The highest BCUT2D eigenvalue weighted by molar-refractivity contribution is 5.94. The second kappa shape index (κ2) is 12.1. The molecule has 1 aliphatic heterocycles. The first kappa shape index (κ1) is 27.7. The van der Waals surface area contributed by atoms with Crippen molar-refractivity contribution in [3.05, 3.63) is 59.9 Å². The van der Waals surface area contributed by atoms with Crippen molar-refractivity contribution in [2.45, 2.75) is 57.9 Å². The second-order valence-corrected chi connectivity index (χ2v) is 9.86. The van der Waals surface area contributed by atoms with E-state index >= 15 is 0 Å². The molecular formula is C29H33F3N8. The number of fused-ring (bicyclic) bond motifs is 1. The largest absolute Gasteiger partial charge is 0.356 e. The predicted molar refractivity (Wildman–Crippen MR) is 150 cm³/mol. The number of hydrogen-bond acceptors (Lipinski definition) is 8. The van der Waals surface area contributed by atoms with Gasteiger partial charge in [0.05, 0.1) is 11.7 Å². The van der Waals surface area contributed by atoms with Gasteiger partial charge in [0.25, 0.3) is 5.95 Å². The predicted octanol–water partition coefficient (Wildman–Crippen LogP) is 6.12. The van der Waals surface area contributed by atoms with Crippen molar-refractivity contribution in [1.82, 2.24) is 30.2 Å². The fourth-order valence-electron chi connectivity index (χ4n) is 5.16. The van der Waals surface area contributed by atoms with E-state index in [0.29, 0.717) is 29.4 Å². The third-order valence-corrected chi connectivity index (χ3v) is 7.50. The van der Waals surface area contributed by atoms with Crippen molar-refractivity contribution in [3.63, 3.8) is 0 Å². The van der Waals surface area contributed by atoms with Crippen LogP contribution in [0.2, 0.25) is 0 Å². The van der Waals surface area contributed by atoms with E-state index in [1.807, 2.05) is 20.0 Å². The SMILES string of the molecule is CC.CN(c1nc(-c2ccnc(Nc3nc(F)c(F)cc3F)c2)nc2cncc(C3CCC3)c12)C1CCNCC1. The lowest BCUT2D eigenvalue weighted by atomic mass is 9.79. The molecule has 4 aromatic heterocycles. The van der Waals surface area contributed by atoms with Crippen LogP contribution in [0.1, 0.15) is 57.4 Å². The summed E-state index contributed by atoms with van der Waals surface area (Å²) in [6.45, 7) is 5.91. The van der Waals surface area contributed by atoms with Gasteiger partial charge in [-0.1, -0.05) is 20.3 Å². The first-order chi connectivity index (χ1) is 19.5. The third-order valence-electron chi connectivity index (χ3n) is 7.50. The summed E-state index contributed by atoms with van der Waals surface area (Å²) in [5, 5.41) is 7.08. The summed E-state index contributed by atoms with van der Waals surface area (Å²) in [7, 11) is 2.09. The minimum Gasteiger partial charge on any atom is -0.356 e. The van der Waals surface area contributed by atoms with Gasteiger partial charge in [-0.2, -0.15) is 9.37 Å². The number of aromatic nitrogens is 5. The molecule has 1 saturated carbocycles. The van der Waals surface area contributed by atoms with E-state index in [9.17, 15) is 13.2 Å². The van der Waals surface area contributed by atoms with Gasteiger partial charge in [0.15, 0.2) is 23.3 Å². The molecule has 0 radical (unpaired) electrons. The van der Waals surface area contributed by atoms with Gasteiger partial charge in [0.1, 0.15) is 11.6 Å². The average Bonchev–Trinajstić information content (AvgIpc) is 2.96. The molecule has 5 heterocycles. The lowest BCUT2D eigenvalue weighted by Gasteiger charge is -2.34. The highest BCUT2D eigenvalue weighted by Gasteiger charge is 2.28. The average molecular weight is 551 g/mol. The number of halogens is 3. The Morgan fingerprint density at radius 2 is 1.73 bits per heavy atom. The zero-order valence-corrected chi connectivity index (χ0v) is 22.9. The summed E-state index contributed by atoms with van der Waals surface area (Å²) in [4.78, 5) is 24.2. The third kappa shape index (κ3) is 5.56. The van der Waals surface area contributed by atoms with Crippen LogP contribution in [0.25, 0.3) is 22.3 Å². The zero-order valence-electron chi connectivity index (χ0n) is 22.9. The quantitative estimate of drug-likeness (QED) is 0.277. The summed E-state index contributed by atoms with van der Waals surface area (Å²) in [5.74, 6) is -2.28. The molecule has 0 bridgehead atoms. The van der Waals surface area contributed by atoms with Gasteiger partial charge < -0.3 is 15.5 Å². The number of hydrogen-bond donors (Lipinski definition) is 2. The standard InChI is InChI=1S/C27H27F3N8.C2H6/c1-38(17-6-8-31-9-7-17)27-23-18(15-3-2-4-15)13-32-14-21(23)34-25(37-27)16-5-10-33-22(11-16)35-26-20(29)12-19(28)24(30)36-26;1-2/h5,10-15,17,31H,2-4,6-9H2,1H3,(H,33,35,36);1-2H3. The van der Waals surface area contributed by atoms with E-state index in [-0.39, 0.29) is 5.82 Å². The first-order valence-electron chi connectivity index (χ1n) is 13.8. The molecule has 0 unspecified atom stereocenters. The molecule has 40 heavy (non-hydrogen) atoms. The maximum absolute atomic E-state index is 14.2. The van der Waals surface area contributed by atoms with E-state index in [0.717, 1.165) is 55.5 Å². The molecule has 0 amide bonds. The summed E-state index contributed by atoms with van der Waals surface area (Å²) in [6.07, 6.45) is 10.7. The number of nitrogens with zero attached hydrogens (tertiary/aromatic N) is 6.